The predicted octanol–water partition coefficient (Wildman–Crippen LogP) is 1.53. The van der Waals surface area contributed by atoms with Gasteiger partial charge in [0.05, 0.1) is 6.33 Å². The van der Waals surface area contributed by atoms with Crippen LogP contribution < -0.4 is 11.1 Å². The van der Waals surface area contributed by atoms with Gasteiger partial charge in [-0.25, -0.2) is 15.0 Å². The lowest BCUT2D eigenvalue weighted by atomic mass is 9.82. The zero-order valence-corrected chi connectivity index (χ0v) is 10.9. The van der Waals surface area contributed by atoms with Crippen LogP contribution in [0.2, 0.25) is 0 Å². The van der Waals surface area contributed by atoms with E-state index in [1.54, 1.807) is 6.33 Å². The number of anilines is 1. The molecule has 0 spiro atoms. The summed E-state index contributed by atoms with van der Waals surface area (Å²) in [6.45, 7) is 5.82. The molecule has 0 aromatic carbocycles. The van der Waals surface area contributed by atoms with Crippen LogP contribution in [0.1, 0.15) is 26.7 Å². The van der Waals surface area contributed by atoms with E-state index in [1.165, 1.54) is 6.33 Å². The standard InChI is InChI=1S/C12H20N6/c1-3-12(4-2,5-13)6-14-10-9-11(16-7-15-9)18-8-17-10/h7-8H,3-6,13H2,1-2H3,(H2,14,15,16,17,18). The fourth-order valence-corrected chi connectivity index (χ4v) is 2.03. The van der Waals surface area contributed by atoms with Gasteiger partial charge in [-0.1, -0.05) is 13.8 Å². The molecule has 98 valence electrons. The fraction of sp³-hybridized carbons (Fsp3) is 0.583. The van der Waals surface area contributed by atoms with Gasteiger partial charge in [0.1, 0.15) is 11.8 Å². The van der Waals surface area contributed by atoms with E-state index in [0.717, 1.165) is 30.7 Å². The molecule has 0 fully saturated rings. The van der Waals surface area contributed by atoms with Crippen molar-refractivity contribution >= 4 is 17.0 Å². The van der Waals surface area contributed by atoms with Gasteiger partial charge in [0.15, 0.2) is 11.5 Å². The van der Waals surface area contributed by atoms with Crippen LogP contribution in [-0.2, 0) is 0 Å². The lowest BCUT2D eigenvalue weighted by Gasteiger charge is -2.30. The lowest BCUT2D eigenvalue weighted by Crippen LogP contribution is -2.36. The van der Waals surface area contributed by atoms with Crippen LogP contribution in [0.4, 0.5) is 5.82 Å². The Bertz CT molecular complexity index is 494. The Labute approximate surface area is 106 Å². The van der Waals surface area contributed by atoms with Crippen molar-refractivity contribution in [2.24, 2.45) is 11.1 Å². The largest absolute Gasteiger partial charge is 0.368 e. The van der Waals surface area contributed by atoms with Crippen LogP contribution in [0, 0.1) is 5.41 Å². The molecule has 2 aromatic heterocycles. The van der Waals surface area contributed by atoms with E-state index in [-0.39, 0.29) is 5.41 Å². The molecule has 0 aliphatic carbocycles. The number of nitrogens with two attached hydrogens (primary N) is 1. The number of imidazole rings is 1. The first-order valence-electron chi connectivity index (χ1n) is 6.32. The molecule has 2 rings (SSSR count). The third-order valence-corrected chi connectivity index (χ3v) is 3.79. The zero-order valence-electron chi connectivity index (χ0n) is 10.9. The third kappa shape index (κ3) is 2.28. The molecule has 0 aliphatic heterocycles. The van der Waals surface area contributed by atoms with Crippen LogP contribution >= 0.6 is 0 Å². The molecule has 0 unspecified atom stereocenters. The van der Waals surface area contributed by atoms with Gasteiger partial charge in [0.2, 0.25) is 0 Å². The highest BCUT2D eigenvalue weighted by molar-refractivity contribution is 5.81. The number of nitrogens with zero attached hydrogens (tertiary/aromatic N) is 3. The Balaban J connectivity index is 2.17. The summed E-state index contributed by atoms with van der Waals surface area (Å²) in [4.78, 5) is 15.5. The van der Waals surface area contributed by atoms with Gasteiger partial charge in [-0.05, 0) is 24.8 Å². The first-order chi connectivity index (χ1) is 8.74. The average Bonchev–Trinajstić information content (AvgIpc) is 2.90. The molecular formula is C12H20N6. The second-order valence-corrected chi connectivity index (χ2v) is 4.59. The number of nitrogens with one attached hydrogen (secondary N) is 2. The maximum Gasteiger partial charge on any atom is 0.182 e. The first-order valence-corrected chi connectivity index (χ1v) is 6.32. The van der Waals surface area contributed by atoms with Gasteiger partial charge in [-0.3, -0.25) is 0 Å². The van der Waals surface area contributed by atoms with Crippen LogP contribution in [0.25, 0.3) is 11.2 Å². The Morgan fingerprint density at radius 3 is 2.72 bits per heavy atom. The summed E-state index contributed by atoms with van der Waals surface area (Å²) in [6, 6.07) is 0. The highest BCUT2D eigenvalue weighted by atomic mass is 15.1. The highest BCUT2D eigenvalue weighted by Crippen LogP contribution is 2.26. The predicted molar refractivity (Wildman–Crippen MR) is 72.2 cm³/mol. The maximum atomic E-state index is 5.89. The number of hydrogen-bond donors (Lipinski definition) is 3. The molecule has 2 aromatic rings. The Kier molecular flexibility index (Phi) is 3.76. The summed E-state index contributed by atoms with van der Waals surface area (Å²) >= 11 is 0. The van der Waals surface area contributed by atoms with Crippen molar-refractivity contribution < 1.29 is 0 Å². The molecule has 0 radical (unpaired) electrons. The molecule has 0 saturated heterocycles. The molecule has 0 aliphatic rings. The summed E-state index contributed by atoms with van der Waals surface area (Å²) in [5.74, 6) is 0.789. The molecule has 0 bridgehead atoms. The first kappa shape index (κ1) is 12.8. The summed E-state index contributed by atoms with van der Waals surface area (Å²) in [5, 5.41) is 3.37. The molecule has 0 atom stereocenters. The van der Waals surface area contributed by atoms with Gasteiger partial charge in [-0.2, -0.15) is 0 Å². The van der Waals surface area contributed by atoms with Gasteiger partial charge in [0, 0.05) is 6.54 Å². The van der Waals surface area contributed by atoms with Crippen molar-refractivity contribution in [1.29, 1.82) is 0 Å². The SMILES string of the molecule is CCC(CC)(CN)CNc1ncnc2nc[nH]c12. The second kappa shape index (κ2) is 5.30. The minimum absolute atomic E-state index is 0.122. The third-order valence-electron chi connectivity index (χ3n) is 3.79. The molecular weight excluding hydrogens is 228 g/mol. The van der Waals surface area contributed by atoms with Gasteiger partial charge in [0.25, 0.3) is 0 Å². The van der Waals surface area contributed by atoms with Crippen molar-refractivity contribution in [3.05, 3.63) is 12.7 Å². The van der Waals surface area contributed by atoms with Crippen LogP contribution in [-0.4, -0.2) is 33.0 Å². The topological polar surface area (TPSA) is 92.5 Å². The number of aromatic amines is 1. The van der Waals surface area contributed by atoms with E-state index in [4.69, 9.17) is 5.73 Å². The van der Waals surface area contributed by atoms with Gasteiger partial charge >= 0.3 is 0 Å². The number of fused-ring (bicyclic) bond motifs is 1. The summed E-state index contributed by atoms with van der Waals surface area (Å²) in [5.41, 5.74) is 7.54. The Hall–Kier alpha value is -1.69. The quantitative estimate of drug-likeness (QED) is 0.721. The van der Waals surface area contributed by atoms with E-state index in [0.29, 0.717) is 12.2 Å². The molecule has 6 heteroatoms. The molecule has 6 nitrogen and oxygen atoms in total. The number of aromatic nitrogens is 4. The van der Waals surface area contributed by atoms with Crippen molar-refractivity contribution in [2.45, 2.75) is 26.7 Å². The number of H-pyrrole nitrogens is 1. The number of hydrogen-bond acceptors (Lipinski definition) is 5. The van der Waals surface area contributed by atoms with Gasteiger partial charge < -0.3 is 16.0 Å². The Morgan fingerprint density at radius 2 is 2.06 bits per heavy atom. The maximum absolute atomic E-state index is 5.89. The lowest BCUT2D eigenvalue weighted by molar-refractivity contribution is 0.294. The fourth-order valence-electron chi connectivity index (χ4n) is 2.03. The van der Waals surface area contributed by atoms with E-state index in [2.05, 4.69) is 39.1 Å². The van der Waals surface area contributed by atoms with Crippen molar-refractivity contribution in [3.8, 4) is 0 Å². The van der Waals surface area contributed by atoms with Gasteiger partial charge in [-0.15, -0.1) is 0 Å². The van der Waals surface area contributed by atoms with Crippen molar-refractivity contribution in [3.63, 3.8) is 0 Å². The van der Waals surface area contributed by atoms with Crippen molar-refractivity contribution in [1.82, 2.24) is 19.9 Å². The van der Waals surface area contributed by atoms with E-state index in [1.807, 2.05) is 0 Å². The smallest absolute Gasteiger partial charge is 0.182 e. The summed E-state index contributed by atoms with van der Waals surface area (Å²) in [6.07, 6.45) is 5.24. The minimum atomic E-state index is 0.122. The number of rotatable bonds is 6. The van der Waals surface area contributed by atoms with Crippen LogP contribution in [0.3, 0.4) is 0 Å². The van der Waals surface area contributed by atoms with E-state index >= 15 is 0 Å². The van der Waals surface area contributed by atoms with Crippen molar-refractivity contribution in [2.75, 3.05) is 18.4 Å². The van der Waals surface area contributed by atoms with Crippen LogP contribution in [0.5, 0.6) is 0 Å². The summed E-state index contributed by atoms with van der Waals surface area (Å²) in [7, 11) is 0. The highest BCUT2D eigenvalue weighted by Gasteiger charge is 2.24. The second-order valence-electron chi connectivity index (χ2n) is 4.59. The van der Waals surface area contributed by atoms with Crippen LogP contribution in [0.15, 0.2) is 12.7 Å². The monoisotopic (exact) mass is 248 g/mol. The molecule has 0 saturated carbocycles. The zero-order chi connectivity index (χ0) is 13.0. The summed E-state index contributed by atoms with van der Waals surface area (Å²) < 4.78 is 0. The Morgan fingerprint density at radius 1 is 1.28 bits per heavy atom. The minimum Gasteiger partial charge on any atom is -0.368 e. The molecule has 4 N–H and O–H groups in total. The van der Waals surface area contributed by atoms with E-state index < -0.39 is 0 Å². The molecule has 18 heavy (non-hydrogen) atoms. The normalized spacial score (nSPS) is 11.9. The molecule has 2 heterocycles. The average molecular weight is 248 g/mol. The molecule has 0 amide bonds. The van der Waals surface area contributed by atoms with E-state index in [9.17, 15) is 0 Å².